The maximum Gasteiger partial charge on any atom is 0.293 e. The molecule has 114 valence electrons. The topological polar surface area (TPSA) is 75.5 Å². The summed E-state index contributed by atoms with van der Waals surface area (Å²) in [5.74, 6) is 0.417. The number of nitrogens with zero attached hydrogens (tertiary/aromatic N) is 2. The number of nitrogens with one attached hydrogen (secondary N) is 1. The number of likely N-dealkylation sites (tertiary alicyclic amines) is 1. The minimum absolute atomic E-state index is 0.0473. The van der Waals surface area contributed by atoms with Crippen LogP contribution in [-0.2, 0) is 0 Å². The average Bonchev–Trinajstić information content (AvgIpc) is 2.95. The first-order valence-corrected chi connectivity index (χ1v) is 7.39. The highest BCUT2D eigenvalue weighted by molar-refractivity contribution is 6.01. The highest BCUT2D eigenvalue weighted by atomic mass is 16.6. The zero-order valence-corrected chi connectivity index (χ0v) is 12.5. The van der Waals surface area contributed by atoms with Gasteiger partial charge in [-0.15, -0.1) is 0 Å². The Morgan fingerprint density at radius 1 is 1.48 bits per heavy atom. The number of nitro benzene ring substituents is 1. The van der Waals surface area contributed by atoms with Crippen LogP contribution in [0, 0.1) is 16.0 Å². The van der Waals surface area contributed by atoms with E-state index in [9.17, 15) is 14.9 Å². The van der Waals surface area contributed by atoms with E-state index in [1.54, 1.807) is 17.0 Å². The van der Waals surface area contributed by atoms with Gasteiger partial charge in [-0.3, -0.25) is 14.9 Å². The van der Waals surface area contributed by atoms with Crippen molar-refractivity contribution in [3.63, 3.8) is 0 Å². The van der Waals surface area contributed by atoms with Gasteiger partial charge in [-0.05, 0) is 25.3 Å². The SMILES string of the molecule is CCNc1c(C(=O)N2CCC(CC)C2)cccc1[N+](=O)[O-]. The van der Waals surface area contributed by atoms with Crippen molar-refractivity contribution in [2.75, 3.05) is 25.0 Å². The molecule has 1 atom stereocenters. The number of nitro groups is 1. The maximum absolute atomic E-state index is 12.6. The molecule has 6 nitrogen and oxygen atoms in total. The number of para-hydroxylation sites is 1. The Balaban J connectivity index is 2.32. The minimum atomic E-state index is -0.451. The van der Waals surface area contributed by atoms with E-state index in [2.05, 4.69) is 12.2 Å². The lowest BCUT2D eigenvalue weighted by atomic mass is 10.1. The Kier molecular flexibility index (Phi) is 4.77. The van der Waals surface area contributed by atoms with Crippen molar-refractivity contribution < 1.29 is 9.72 Å². The molecule has 21 heavy (non-hydrogen) atoms. The summed E-state index contributed by atoms with van der Waals surface area (Å²) in [6.07, 6.45) is 2.06. The van der Waals surface area contributed by atoms with E-state index in [1.807, 2.05) is 6.92 Å². The van der Waals surface area contributed by atoms with Crippen molar-refractivity contribution in [3.05, 3.63) is 33.9 Å². The minimum Gasteiger partial charge on any atom is -0.379 e. The van der Waals surface area contributed by atoms with E-state index in [4.69, 9.17) is 0 Å². The fraction of sp³-hybridized carbons (Fsp3) is 0.533. The first kappa shape index (κ1) is 15.3. The molecule has 6 heteroatoms. The second-order valence-corrected chi connectivity index (χ2v) is 5.30. The quantitative estimate of drug-likeness (QED) is 0.668. The molecule has 1 saturated heterocycles. The van der Waals surface area contributed by atoms with Gasteiger partial charge in [0.1, 0.15) is 5.69 Å². The molecule has 2 rings (SSSR count). The summed E-state index contributed by atoms with van der Waals surface area (Å²) >= 11 is 0. The Morgan fingerprint density at radius 2 is 2.24 bits per heavy atom. The van der Waals surface area contributed by atoms with Gasteiger partial charge in [0.25, 0.3) is 11.6 Å². The molecule has 0 aliphatic carbocycles. The summed E-state index contributed by atoms with van der Waals surface area (Å²) in [7, 11) is 0. The third kappa shape index (κ3) is 3.15. The predicted molar refractivity (Wildman–Crippen MR) is 81.6 cm³/mol. The molecule has 1 amide bonds. The molecular weight excluding hydrogens is 270 g/mol. The second-order valence-electron chi connectivity index (χ2n) is 5.30. The van der Waals surface area contributed by atoms with Crippen LogP contribution in [0.25, 0.3) is 0 Å². The van der Waals surface area contributed by atoms with Crippen molar-refractivity contribution in [1.29, 1.82) is 0 Å². The fourth-order valence-corrected chi connectivity index (χ4v) is 2.75. The lowest BCUT2D eigenvalue weighted by Crippen LogP contribution is -2.29. The van der Waals surface area contributed by atoms with Crippen molar-refractivity contribution >= 4 is 17.3 Å². The van der Waals surface area contributed by atoms with E-state index in [1.165, 1.54) is 6.07 Å². The van der Waals surface area contributed by atoms with Gasteiger partial charge in [0, 0.05) is 25.7 Å². The van der Waals surface area contributed by atoms with Crippen molar-refractivity contribution in [2.24, 2.45) is 5.92 Å². The monoisotopic (exact) mass is 291 g/mol. The number of hydrogen-bond acceptors (Lipinski definition) is 4. The number of carbonyl (C=O) groups is 1. The van der Waals surface area contributed by atoms with Gasteiger partial charge in [0.15, 0.2) is 0 Å². The Morgan fingerprint density at radius 3 is 2.81 bits per heavy atom. The largest absolute Gasteiger partial charge is 0.379 e. The number of rotatable bonds is 5. The third-order valence-corrected chi connectivity index (χ3v) is 3.97. The van der Waals surface area contributed by atoms with E-state index in [-0.39, 0.29) is 11.6 Å². The van der Waals surface area contributed by atoms with Crippen LogP contribution in [0.2, 0.25) is 0 Å². The highest BCUT2D eigenvalue weighted by Crippen LogP contribution is 2.30. The molecule has 1 fully saturated rings. The Bertz CT molecular complexity index is 545. The highest BCUT2D eigenvalue weighted by Gasteiger charge is 2.29. The van der Waals surface area contributed by atoms with Gasteiger partial charge < -0.3 is 10.2 Å². The normalized spacial score (nSPS) is 17.8. The summed E-state index contributed by atoms with van der Waals surface area (Å²) in [6.45, 7) is 5.97. The molecule has 1 aliphatic heterocycles. The van der Waals surface area contributed by atoms with Crippen LogP contribution in [0.1, 0.15) is 37.0 Å². The van der Waals surface area contributed by atoms with Gasteiger partial charge in [0.2, 0.25) is 0 Å². The molecule has 0 radical (unpaired) electrons. The van der Waals surface area contributed by atoms with Crippen molar-refractivity contribution in [1.82, 2.24) is 4.90 Å². The third-order valence-electron chi connectivity index (χ3n) is 3.97. The molecule has 1 N–H and O–H groups in total. The smallest absolute Gasteiger partial charge is 0.293 e. The first-order chi connectivity index (χ1) is 10.1. The number of carbonyl (C=O) groups excluding carboxylic acids is 1. The molecule has 1 aromatic rings. The van der Waals surface area contributed by atoms with Gasteiger partial charge >= 0.3 is 0 Å². The summed E-state index contributed by atoms with van der Waals surface area (Å²) in [4.78, 5) is 25.1. The van der Waals surface area contributed by atoms with Crippen LogP contribution in [-0.4, -0.2) is 35.4 Å². The predicted octanol–water partition coefficient (Wildman–Crippen LogP) is 2.90. The maximum atomic E-state index is 12.6. The van der Waals surface area contributed by atoms with Crippen LogP contribution in [0.15, 0.2) is 18.2 Å². The Hall–Kier alpha value is -2.11. The number of benzene rings is 1. The van der Waals surface area contributed by atoms with Gasteiger partial charge in [0.05, 0.1) is 10.5 Å². The van der Waals surface area contributed by atoms with E-state index < -0.39 is 4.92 Å². The van der Waals surface area contributed by atoms with Crippen LogP contribution < -0.4 is 5.32 Å². The number of amides is 1. The average molecular weight is 291 g/mol. The summed E-state index contributed by atoms with van der Waals surface area (Å²) in [5, 5.41) is 14.1. The molecular formula is C15H21N3O3. The molecule has 0 bridgehead atoms. The molecule has 0 spiro atoms. The molecule has 0 aromatic heterocycles. The second kappa shape index (κ2) is 6.56. The number of anilines is 1. The Labute approximate surface area is 124 Å². The van der Waals surface area contributed by atoms with Crippen molar-refractivity contribution in [2.45, 2.75) is 26.7 Å². The fourth-order valence-electron chi connectivity index (χ4n) is 2.75. The van der Waals surface area contributed by atoms with Crippen LogP contribution in [0.5, 0.6) is 0 Å². The van der Waals surface area contributed by atoms with Gasteiger partial charge in [-0.25, -0.2) is 0 Å². The lowest BCUT2D eigenvalue weighted by Gasteiger charge is -2.18. The van der Waals surface area contributed by atoms with Crippen molar-refractivity contribution in [3.8, 4) is 0 Å². The van der Waals surface area contributed by atoms with Gasteiger partial charge in [-0.2, -0.15) is 0 Å². The molecule has 1 aromatic carbocycles. The summed E-state index contributed by atoms with van der Waals surface area (Å²) in [6, 6.07) is 4.65. The zero-order valence-electron chi connectivity index (χ0n) is 12.5. The summed E-state index contributed by atoms with van der Waals surface area (Å²) in [5.41, 5.74) is 0.673. The van der Waals surface area contributed by atoms with E-state index in [0.29, 0.717) is 23.7 Å². The van der Waals surface area contributed by atoms with E-state index >= 15 is 0 Å². The van der Waals surface area contributed by atoms with Crippen LogP contribution in [0.3, 0.4) is 0 Å². The van der Waals surface area contributed by atoms with Crippen LogP contribution >= 0.6 is 0 Å². The molecule has 0 saturated carbocycles. The standard InChI is InChI=1S/C15H21N3O3/c1-3-11-8-9-17(10-11)15(19)12-6-5-7-13(18(20)21)14(12)16-4-2/h5-7,11,16H,3-4,8-10H2,1-2H3. The molecule has 1 aliphatic rings. The lowest BCUT2D eigenvalue weighted by molar-refractivity contribution is -0.384. The van der Waals surface area contributed by atoms with E-state index in [0.717, 1.165) is 25.9 Å². The first-order valence-electron chi connectivity index (χ1n) is 7.39. The summed E-state index contributed by atoms with van der Waals surface area (Å²) < 4.78 is 0. The molecule has 1 unspecified atom stereocenters. The van der Waals surface area contributed by atoms with Gasteiger partial charge in [-0.1, -0.05) is 19.4 Å². The zero-order chi connectivity index (χ0) is 15.4. The molecule has 1 heterocycles. The van der Waals surface area contributed by atoms with Crippen LogP contribution in [0.4, 0.5) is 11.4 Å². The number of hydrogen-bond donors (Lipinski definition) is 1.